The fraction of sp³-hybridized carbons (Fsp3) is 0.643. The quantitative estimate of drug-likeness (QED) is 0.535. The van der Waals surface area contributed by atoms with Crippen LogP contribution in [0.4, 0.5) is 0 Å². The summed E-state index contributed by atoms with van der Waals surface area (Å²) in [5, 5.41) is 0. The molecule has 1 rings (SSSR count). The smallest absolute Gasteiger partial charge is 0.0494 e. The zero-order valence-corrected chi connectivity index (χ0v) is 10.1. The molecule has 0 fully saturated rings. The molecule has 0 spiro atoms. The molecule has 1 aliphatic carbocycles. The highest BCUT2D eigenvalue weighted by atomic mass is 14.4. The average Bonchev–Trinajstić information content (AvgIpc) is 2.09. The minimum atomic E-state index is 0.464. The molecule has 0 bridgehead atoms. The highest BCUT2D eigenvalue weighted by molar-refractivity contribution is 5.36. The van der Waals surface area contributed by atoms with Crippen molar-refractivity contribution in [1.82, 2.24) is 0 Å². The summed E-state index contributed by atoms with van der Waals surface area (Å²) in [7, 11) is 0. The van der Waals surface area contributed by atoms with Gasteiger partial charge in [-0.15, -0.1) is 5.41 Å². The van der Waals surface area contributed by atoms with E-state index < -0.39 is 0 Å². The molecule has 0 nitrogen and oxygen atoms in total. The summed E-state index contributed by atoms with van der Waals surface area (Å²) in [4.78, 5) is 0. The SMILES string of the molecule is CCCC(CC)(CC1=CC=C1)[C-](C)C. The fourth-order valence-electron chi connectivity index (χ4n) is 2.39. The van der Waals surface area contributed by atoms with E-state index >= 15 is 0 Å². The van der Waals surface area contributed by atoms with Crippen LogP contribution in [-0.4, -0.2) is 0 Å². The molecule has 0 aromatic rings. The van der Waals surface area contributed by atoms with E-state index in [4.69, 9.17) is 0 Å². The van der Waals surface area contributed by atoms with Gasteiger partial charge in [0.25, 0.3) is 0 Å². The van der Waals surface area contributed by atoms with Crippen LogP contribution in [0.15, 0.2) is 23.8 Å². The Morgan fingerprint density at radius 2 is 1.93 bits per heavy atom. The van der Waals surface area contributed by atoms with Crippen LogP contribution in [-0.2, 0) is 0 Å². The molecule has 0 aromatic heterocycles. The molecule has 0 heterocycles. The van der Waals surface area contributed by atoms with Crippen molar-refractivity contribution < 1.29 is 0 Å². The topological polar surface area (TPSA) is 0 Å². The molecule has 80 valence electrons. The number of hydrogen-bond donors (Lipinski definition) is 0. The molecular formula is C14H23-. The predicted molar refractivity (Wildman–Crippen MR) is 64.1 cm³/mol. The van der Waals surface area contributed by atoms with Crippen LogP contribution in [0.1, 0.15) is 53.4 Å². The lowest BCUT2D eigenvalue weighted by molar-refractivity contribution is 0.266. The minimum absolute atomic E-state index is 0.464. The molecule has 0 N–H and O–H groups in total. The van der Waals surface area contributed by atoms with Gasteiger partial charge < -0.3 is 5.92 Å². The first-order chi connectivity index (χ1) is 6.64. The highest BCUT2D eigenvalue weighted by Gasteiger charge is 2.22. The highest BCUT2D eigenvalue weighted by Crippen LogP contribution is 2.44. The van der Waals surface area contributed by atoms with Gasteiger partial charge in [0.05, 0.1) is 0 Å². The number of allylic oxidation sites excluding steroid dienone is 4. The first-order valence-electron chi connectivity index (χ1n) is 5.82. The Balaban J connectivity index is 2.66. The van der Waals surface area contributed by atoms with Gasteiger partial charge in [-0.1, -0.05) is 56.9 Å². The van der Waals surface area contributed by atoms with E-state index in [0.717, 1.165) is 0 Å². The number of hydrogen-bond acceptors (Lipinski definition) is 0. The fourth-order valence-corrected chi connectivity index (χ4v) is 2.39. The molecule has 1 aliphatic rings. The van der Waals surface area contributed by atoms with Gasteiger partial charge in [-0.3, -0.25) is 0 Å². The Morgan fingerprint density at radius 3 is 2.21 bits per heavy atom. The zero-order valence-electron chi connectivity index (χ0n) is 10.1. The second kappa shape index (κ2) is 4.82. The van der Waals surface area contributed by atoms with E-state index in [1.54, 1.807) is 5.92 Å². The minimum Gasteiger partial charge on any atom is -0.313 e. The van der Waals surface area contributed by atoms with Gasteiger partial charge in [-0.25, -0.2) is 0 Å². The second-order valence-electron chi connectivity index (χ2n) is 4.66. The normalized spacial score (nSPS) is 19.1. The third kappa shape index (κ3) is 2.29. The van der Waals surface area contributed by atoms with Gasteiger partial charge in [-0.05, 0) is 6.42 Å². The lowest BCUT2D eigenvalue weighted by Gasteiger charge is -2.49. The van der Waals surface area contributed by atoms with Crippen LogP contribution < -0.4 is 0 Å². The van der Waals surface area contributed by atoms with Crippen LogP contribution in [0.3, 0.4) is 0 Å². The first kappa shape index (κ1) is 11.6. The average molecular weight is 191 g/mol. The maximum Gasteiger partial charge on any atom is -0.0494 e. The Morgan fingerprint density at radius 1 is 1.29 bits per heavy atom. The van der Waals surface area contributed by atoms with E-state index in [-0.39, 0.29) is 0 Å². The molecule has 1 atom stereocenters. The standard InChI is InChI=1S/C14H23/c1-5-10-14(6-2,12(3)4)11-13-8-7-9-13/h7-9H,5-6,10-11H2,1-4H3/q-1. The maximum atomic E-state index is 2.33. The van der Waals surface area contributed by atoms with Crippen molar-refractivity contribution in [2.75, 3.05) is 0 Å². The predicted octanol–water partition coefficient (Wildman–Crippen LogP) is 4.68. The van der Waals surface area contributed by atoms with Gasteiger partial charge in [0.1, 0.15) is 0 Å². The van der Waals surface area contributed by atoms with E-state index in [9.17, 15) is 0 Å². The van der Waals surface area contributed by atoms with Gasteiger partial charge >= 0.3 is 0 Å². The van der Waals surface area contributed by atoms with E-state index in [0.29, 0.717) is 5.41 Å². The molecule has 1 unspecified atom stereocenters. The lowest BCUT2D eigenvalue weighted by atomic mass is 9.67. The molecule has 0 heteroatoms. The molecule has 0 radical (unpaired) electrons. The van der Waals surface area contributed by atoms with Crippen molar-refractivity contribution in [3.05, 3.63) is 29.7 Å². The van der Waals surface area contributed by atoms with Crippen LogP contribution in [0.2, 0.25) is 0 Å². The van der Waals surface area contributed by atoms with Crippen molar-refractivity contribution in [3.63, 3.8) is 0 Å². The Kier molecular flexibility index (Phi) is 3.97. The molecule has 0 saturated carbocycles. The molecule has 0 saturated heterocycles. The van der Waals surface area contributed by atoms with Gasteiger partial charge in [0, 0.05) is 0 Å². The van der Waals surface area contributed by atoms with E-state index in [2.05, 4.69) is 45.9 Å². The summed E-state index contributed by atoms with van der Waals surface area (Å²) in [6.07, 6.45) is 11.8. The second-order valence-corrected chi connectivity index (χ2v) is 4.66. The third-order valence-corrected chi connectivity index (χ3v) is 3.63. The maximum absolute atomic E-state index is 2.33. The molecule has 0 aliphatic heterocycles. The van der Waals surface area contributed by atoms with Crippen LogP contribution in [0.25, 0.3) is 0 Å². The van der Waals surface area contributed by atoms with Crippen molar-refractivity contribution in [1.29, 1.82) is 0 Å². The summed E-state index contributed by atoms with van der Waals surface area (Å²) in [6, 6.07) is 0. The van der Waals surface area contributed by atoms with Gasteiger partial charge in [-0.2, -0.15) is 13.8 Å². The van der Waals surface area contributed by atoms with E-state index in [1.807, 2.05) is 0 Å². The van der Waals surface area contributed by atoms with Gasteiger partial charge in [0.2, 0.25) is 0 Å². The lowest BCUT2D eigenvalue weighted by Crippen LogP contribution is -2.26. The first-order valence-corrected chi connectivity index (χ1v) is 5.82. The Hall–Kier alpha value is -0.520. The van der Waals surface area contributed by atoms with Crippen molar-refractivity contribution in [2.24, 2.45) is 5.41 Å². The molecule has 14 heavy (non-hydrogen) atoms. The van der Waals surface area contributed by atoms with Crippen LogP contribution in [0.5, 0.6) is 0 Å². The van der Waals surface area contributed by atoms with Crippen LogP contribution in [0, 0.1) is 11.3 Å². The zero-order chi connectivity index (χ0) is 10.6. The summed E-state index contributed by atoms with van der Waals surface area (Å²) < 4.78 is 0. The van der Waals surface area contributed by atoms with Crippen LogP contribution >= 0.6 is 0 Å². The van der Waals surface area contributed by atoms with Crippen molar-refractivity contribution in [3.8, 4) is 0 Å². The molecule has 0 aromatic carbocycles. The number of rotatable bonds is 6. The van der Waals surface area contributed by atoms with E-state index in [1.165, 1.54) is 31.3 Å². The largest absolute Gasteiger partial charge is 0.313 e. The summed E-state index contributed by atoms with van der Waals surface area (Å²) in [6.45, 7) is 9.20. The monoisotopic (exact) mass is 191 g/mol. The Labute approximate surface area is 89.1 Å². The molecule has 0 amide bonds. The van der Waals surface area contributed by atoms with Crippen molar-refractivity contribution in [2.45, 2.75) is 53.4 Å². The van der Waals surface area contributed by atoms with Gasteiger partial charge in [0.15, 0.2) is 0 Å². The molecular weight excluding hydrogens is 168 g/mol. The third-order valence-electron chi connectivity index (χ3n) is 3.63. The van der Waals surface area contributed by atoms with Crippen molar-refractivity contribution >= 4 is 0 Å². The summed E-state index contributed by atoms with van der Waals surface area (Å²) in [5.41, 5.74) is 1.99. The Bertz CT molecular complexity index is 232. The summed E-state index contributed by atoms with van der Waals surface area (Å²) in [5.74, 6) is 1.60. The summed E-state index contributed by atoms with van der Waals surface area (Å²) >= 11 is 0.